The van der Waals surface area contributed by atoms with E-state index < -0.39 is 17.5 Å². The maximum Gasteiger partial charge on any atom is 0.258 e. The molecule has 5 nitrogen and oxygen atoms in total. The number of halogens is 2. The Morgan fingerprint density at radius 2 is 1.82 bits per heavy atom. The SMILES string of the molecule is O=C(c1ccc2c(c1)OCCCO2)N(Cc1ccco1)c1ccc(F)cc1F. The summed E-state index contributed by atoms with van der Waals surface area (Å²) >= 11 is 0. The average molecular weight is 385 g/mol. The van der Waals surface area contributed by atoms with E-state index in [1.807, 2.05) is 0 Å². The Kier molecular flexibility index (Phi) is 4.97. The van der Waals surface area contributed by atoms with Crippen LogP contribution < -0.4 is 14.4 Å². The molecule has 1 aliphatic rings. The summed E-state index contributed by atoms with van der Waals surface area (Å²) in [7, 11) is 0. The molecule has 0 saturated heterocycles. The Morgan fingerprint density at radius 1 is 1.00 bits per heavy atom. The lowest BCUT2D eigenvalue weighted by Crippen LogP contribution is -2.31. The van der Waals surface area contributed by atoms with Gasteiger partial charge >= 0.3 is 0 Å². The number of fused-ring (bicyclic) bond motifs is 1. The van der Waals surface area contributed by atoms with E-state index in [0.717, 1.165) is 18.6 Å². The summed E-state index contributed by atoms with van der Waals surface area (Å²) < 4.78 is 44.3. The van der Waals surface area contributed by atoms with Crippen LogP contribution in [0.25, 0.3) is 0 Å². The van der Waals surface area contributed by atoms with E-state index in [1.54, 1.807) is 30.3 Å². The second-order valence-electron chi connectivity index (χ2n) is 6.28. The third kappa shape index (κ3) is 3.69. The van der Waals surface area contributed by atoms with E-state index in [9.17, 15) is 13.6 Å². The first-order chi connectivity index (χ1) is 13.6. The molecule has 0 saturated carbocycles. The molecule has 1 aliphatic heterocycles. The number of anilines is 1. The minimum atomic E-state index is -0.839. The van der Waals surface area contributed by atoms with Gasteiger partial charge in [0.05, 0.1) is 31.7 Å². The van der Waals surface area contributed by atoms with Crippen molar-refractivity contribution in [3.63, 3.8) is 0 Å². The number of amides is 1. The average Bonchev–Trinajstić information content (AvgIpc) is 3.09. The second kappa shape index (κ2) is 7.72. The number of rotatable bonds is 4. The molecule has 2 heterocycles. The quantitative estimate of drug-likeness (QED) is 0.660. The fraction of sp³-hybridized carbons (Fsp3) is 0.190. The van der Waals surface area contributed by atoms with Crippen molar-refractivity contribution in [3.8, 4) is 11.5 Å². The highest BCUT2D eigenvalue weighted by Crippen LogP contribution is 2.32. The van der Waals surface area contributed by atoms with E-state index in [1.165, 1.54) is 17.2 Å². The molecule has 0 atom stereocenters. The van der Waals surface area contributed by atoms with Crippen LogP contribution in [0.3, 0.4) is 0 Å². The molecule has 1 aromatic heterocycles. The molecular weight excluding hydrogens is 368 g/mol. The van der Waals surface area contributed by atoms with Crippen molar-refractivity contribution in [1.29, 1.82) is 0 Å². The maximum atomic E-state index is 14.4. The Hall–Kier alpha value is -3.35. The summed E-state index contributed by atoms with van der Waals surface area (Å²) in [5, 5.41) is 0. The van der Waals surface area contributed by atoms with Gasteiger partial charge in [-0.1, -0.05) is 0 Å². The molecule has 3 aromatic rings. The van der Waals surface area contributed by atoms with Gasteiger partial charge in [0, 0.05) is 18.1 Å². The maximum absolute atomic E-state index is 14.4. The fourth-order valence-electron chi connectivity index (χ4n) is 2.98. The van der Waals surface area contributed by atoms with Gasteiger partial charge in [-0.3, -0.25) is 9.69 Å². The van der Waals surface area contributed by atoms with Gasteiger partial charge in [0.1, 0.15) is 17.4 Å². The minimum absolute atomic E-state index is 0.0111. The molecule has 0 bridgehead atoms. The van der Waals surface area contributed by atoms with Crippen LogP contribution in [0, 0.1) is 11.6 Å². The number of furan rings is 1. The van der Waals surface area contributed by atoms with Crippen LogP contribution >= 0.6 is 0 Å². The number of ether oxygens (including phenoxy) is 2. The summed E-state index contributed by atoms with van der Waals surface area (Å²) in [5.74, 6) is -0.555. The number of benzene rings is 2. The summed E-state index contributed by atoms with van der Waals surface area (Å²) in [6, 6.07) is 11.2. The smallest absolute Gasteiger partial charge is 0.258 e. The fourth-order valence-corrected chi connectivity index (χ4v) is 2.98. The van der Waals surface area contributed by atoms with Crippen LogP contribution in [0.1, 0.15) is 22.5 Å². The highest BCUT2D eigenvalue weighted by molar-refractivity contribution is 6.06. The van der Waals surface area contributed by atoms with Gasteiger partial charge in [-0.15, -0.1) is 0 Å². The summed E-state index contributed by atoms with van der Waals surface area (Å²) in [6.07, 6.45) is 2.20. The van der Waals surface area contributed by atoms with Gasteiger partial charge in [-0.05, 0) is 42.5 Å². The molecule has 0 N–H and O–H groups in total. The zero-order chi connectivity index (χ0) is 19.5. The van der Waals surface area contributed by atoms with Crippen molar-refractivity contribution in [2.45, 2.75) is 13.0 Å². The van der Waals surface area contributed by atoms with E-state index >= 15 is 0 Å². The van der Waals surface area contributed by atoms with E-state index in [-0.39, 0.29) is 12.2 Å². The lowest BCUT2D eigenvalue weighted by atomic mass is 10.1. The molecule has 2 aromatic carbocycles. The Bertz CT molecular complexity index is 988. The van der Waals surface area contributed by atoms with Crippen LogP contribution in [0.4, 0.5) is 14.5 Å². The first-order valence-corrected chi connectivity index (χ1v) is 8.81. The van der Waals surface area contributed by atoms with Crippen LogP contribution in [0.15, 0.2) is 59.2 Å². The third-order valence-electron chi connectivity index (χ3n) is 4.33. The standard InChI is InChI=1S/C21H17F2NO4/c22-15-5-6-18(17(23)12-15)24(13-16-3-1-8-26-16)21(25)14-4-7-19-20(11-14)28-10-2-9-27-19/h1,3-8,11-12H,2,9-10,13H2. The molecule has 144 valence electrons. The minimum Gasteiger partial charge on any atom is -0.490 e. The third-order valence-corrected chi connectivity index (χ3v) is 4.33. The molecular formula is C21H17F2NO4. The van der Waals surface area contributed by atoms with E-state index in [4.69, 9.17) is 13.9 Å². The first kappa shape index (κ1) is 18.0. The van der Waals surface area contributed by atoms with Gasteiger partial charge in [0.25, 0.3) is 5.91 Å². The number of hydrogen-bond acceptors (Lipinski definition) is 4. The van der Waals surface area contributed by atoms with Crippen LogP contribution in [-0.4, -0.2) is 19.1 Å². The molecule has 1 amide bonds. The molecule has 28 heavy (non-hydrogen) atoms. The van der Waals surface area contributed by atoms with Crippen molar-refractivity contribution in [2.75, 3.05) is 18.1 Å². The molecule has 0 radical (unpaired) electrons. The number of nitrogens with zero attached hydrogens (tertiary/aromatic N) is 1. The van der Waals surface area contributed by atoms with Gasteiger partial charge in [-0.2, -0.15) is 0 Å². The van der Waals surface area contributed by atoms with Crippen LogP contribution in [0.2, 0.25) is 0 Å². The predicted octanol–water partition coefficient (Wildman–Crippen LogP) is 4.57. The zero-order valence-corrected chi connectivity index (χ0v) is 14.9. The molecule has 4 rings (SSSR count). The van der Waals surface area contributed by atoms with Crippen molar-refractivity contribution < 1.29 is 27.5 Å². The largest absolute Gasteiger partial charge is 0.490 e. The van der Waals surface area contributed by atoms with E-state index in [2.05, 4.69) is 0 Å². The zero-order valence-electron chi connectivity index (χ0n) is 14.9. The van der Waals surface area contributed by atoms with Gasteiger partial charge in [0.15, 0.2) is 11.5 Å². The Balaban J connectivity index is 1.71. The van der Waals surface area contributed by atoms with Gasteiger partial charge in [0.2, 0.25) is 0 Å². The van der Waals surface area contributed by atoms with Gasteiger partial charge < -0.3 is 13.9 Å². The van der Waals surface area contributed by atoms with Crippen molar-refractivity contribution in [1.82, 2.24) is 0 Å². The normalized spacial score (nSPS) is 13.1. The predicted molar refractivity (Wildman–Crippen MR) is 97.6 cm³/mol. The Morgan fingerprint density at radius 3 is 2.57 bits per heavy atom. The highest BCUT2D eigenvalue weighted by Gasteiger charge is 2.24. The molecule has 0 unspecified atom stereocenters. The number of carbonyl (C=O) groups excluding carboxylic acids is 1. The first-order valence-electron chi connectivity index (χ1n) is 8.81. The highest BCUT2D eigenvalue weighted by atomic mass is 19.1. The lowest BCUT2D eigenvalue weighted by molar-refractivity contribution is 0.0982. The molecule has 0 spiro atoms. The van der Waals surface area contributed by atoms with Crippen molar-refractivity contribution in [2.24, 2.45) is 0 Å². The summed E-state index contributed by atoms with van der Waals surface area (Å²) in [4.78, 5) is 14.4. The summed E-state index contributed by atoms with van der Waals surface area (Å²) in [5.41, 5.74) is 0.245. The monoisotopic (exact) mass is 385 g/mol. The second-order valence-corrected chi connectivity index (χ2v) is 6.28. The van der Waals surface area contributed by atoms with E-state index in [0.29, 0.717) is 36.0 Å². The lowest BCUT2D eigenvalue weighted by Gasteiger charge is -2.23. The number of hydrogen-bond donors (Lipinski definition) is 0. The Labute approximate surface area is 160 Å². The van der Waals surface area contributed by atoms with Gasteiger partial charge in [-0.25, -0.2) is 8.78 Å². The molecule has 7 heteroatoms. The molecule has 0 aliphatic carbocycles. The van der Waals surface area contributed by atoms with Crippen molar-refractivity contribution in [3.05, 3.63) is 77.8 Å². The van der Waals surface area contributed by atoms with Crippen molar-refractivity contribution >= 4 is 11.6 Å². The van der Waals surface area contributed by atoms with Crippen LogP contribution in [0.5, 0.6) is 11.5 Å². The number of carbonyl (C=O) groups is 1. The molecule has 0 fully saturated rings. The topological polar surface area (TPSA) is 51.9 Å². The van der Waals surface area contributed by atoms with Crippen LogP contribution in [-0.2, 0) is 6.54 Å². The summed E-state index contributed by atoms with van der Waals surface area (Å²) in [6.45, 7) is 1.00.